The number of carbonyl (C=O) groups excluding carboxylic acids is 1. The molecule has 2 rings (SSSR count). The fourth-order valence-electron chi connectivity index (χ4n) is 2.18. The van der Waals surface area contributed by atoms with E-state index in [-0.39, 0.29) is 11.7 Å². The van der Waals surface area contributed by atoms with Crippen LogP contribution in [0.5, 0.6) is 0 Å². The number of benzene rings is 1. The van der Waals surface area contributed by atoms with Gasteiger partial charge >= 0.3 is 0 Å². The Morgan fingerprint density at radius 2 is 2.04 bits per heavy atom. The van der Waals surface area contributed by atoms with E-state index in [4.69, 9.17) is 4.74 Å². The number of anilines is 1. The van der Waals surface area contributed by atoms with E-state index in [1.807, 2.05) is 6.07 Å². The zero-order valence-electron chi connectivity index (χ0n) is 13.7. The summed E-state index contributed by atoms with van der Waals surface area (Å²) >= 11 is 0. The quantitative estimate of drug-likeness (QED) is 0.694. The second-order valence-electron chi connectivity index (χ2n) is 5.30. The number of amides is 1. The van der Waals surface area contributed by atoms with Gasteiger partial charge < -0.3 is 15.4 Å². The maximum Gasteiger partial charge on any atom is 0.269 e. The highest BCUT2D eigenvalue weighted by Gasteiger charge is 2.06. The molecule has 0 unspecified atom stereocenters. The molecule has 2 aromatic rings. The monoisotopic (exact) mass is 331 g/mol. The lowest BCUT2D eigenvalue weighted by Crippen LogP contribution is -2.26. The van der Waals surface area contributed by atoms with Crippen molar-refractivity contribution >= 4 is 11.6 Å². The van der Waals surface area contributed by atoms with Gasteiger partial charge in [-0.05, 0) is 36.6 Å². The van der Waals surface area contributed by atoms with Crippen molar-refractivity contribution in [2.75, 3.05) is 32.1 Å². The lowest BCUT2D eigenvalue weighted by atomic mass is 10.1. The molecular weight excluding hydrogens is 309 g/mol. The molecule has 0 aliphatic carbocycles. The number of halogens is 1. The summed E-state index contributed by atoms with van der Waals surface area (Å²) in [5, 5.41) is 5.95. The number of pyridine rings is 1. The molecule has 1 aromatic carbocycles. The predicted octanol–water partition coefficient (Wildman–Crippen LogP) is 2.64. The second kappa shape index (κ2) is 9.62. The van der Waals surface area contributed by atoms with Gasteiger partial charge in [-0.2, -0.15) is 0 Å². The van der Waals surface area contributed by atoms with Crippen molar-refractivity contribution < 1.29 is 13.9 Å². The minimum Gasteiger partial charge on any atom is -0.385 e. The topological polar surface area (TPSA) is 63.2 Å². The first-order valence-electron chi connectivity index (χ1n) is 7.91. The van der Waals surface area contributed by atoms with Crippen LogP contribution in [0.15, 0.2) is 42.6 Å². The smallest absolute Gasteiger partial charge is 0.269 e. The van der Waals surface area contributed by atoms with Crippen LogP contribution in [0.3, 0.4) is 0 Å². The van der Waals surface area contributed by atoms with Crippen LogP contribution in [0.2, 0.25) is 0 Å². The SMILES string of the molecule is COCCCNC(=O)c1ccc(NCCc2ccccc2F)cn1. The fourth-order valence-corrected chi connectivity index (χ4v) is 2.18. The third-order valence-corrected chi connectivity index (χ3v) is 3.49. The lowest BCUT2D eigenvalue weighted by molar-refractivity contribution is 0.0943. The Bertz CT molecular complexity index is 647. The van der Waals surface area contributed by atoms with Gasteiger partial charge in [0.15, 0.2) is 0 Å². The largest absolute Gasteiger partial charge is 0.385 e. The van der Waals surface area contributed by atoms with Crippen molar-refractivity contribution in [3.8, 4) is 0 Å². The zero-order valence-corrected chi connectivity index (χ0v) is 13.7. The predicted molar refractivity (Wildman–Crippen MR) is 91.7 cm³/mol. The van der Waals surface area contributed by atoms with Gasteiger partial charge in [0.1, 0.15) is 11.5 Å². The van der Waals surface area contributed by atoms with Crippen molar-refractivity contribution in [1.82, 2.24) is 10.3 Å². The molecular formula is C18H22FN3O2. The minimum atomic E-state index is -0.205. The molecule has 1 heterocycles. The van der Waals surface area contributed by atoms with Gasteiger partial charge in [0.2, 0.25) is 0 Å². The van der Waals surface area contributed by atoms with Crippen LogP contribution in [0.4, 0.5) is 10.1 Å². The van der Waals surface area contributed by atoms with Gasteiger partial charge in [-0.25, -0.2) is 9.37 Å². The summed E-state index contributed by atoms with van der Waals surface area (Å²) in [5.41, 5.74) is 1.83. The molecule has 0 radical (unpaired) electrons. The van der Waals surface area contributed by atoms with Gasteiger partial charge in [0.25, 0.3) is 5.91 Å². The van der Waals surface area contributed by atoms with Gasteiger partial charge in [-0.15, -0.1) is 0 Å². The van der Waals surface area contributed by atoms with E-state index >= 15 is 0 Å². The summed E-state index contributed by atoms with van der Waals surface area (Å²) in [5.74, 6) is -0.401. The van der Waals surface area contributed by atoms with Crippen molar-refractivity contribution in [3.05, 3.63) is 59.7 Å². The average molecular weight is 331 g/mol. The maximum absolute atomic E-state index is 13.5. The Morgan fingerprint density at radius 3 is 2.75 bits per heavy atom. The summed E-state index contributed by atoms with van der Waals surface area (Å²) in [7, 11) is 1.63. The number of rotatable bonds is 9. The molecule has 0 saturated heterocycles. The number of hydrogen-bond acceptors (Lipinski definition) is 4. The molecule has 1 aromatic heterocycles. The van der Waals surface area contributed by atoms with Gasteiger partial charge in [0, 0.05) is 26.8 Å². The first-order chi connectivity index (χ1) is 11.7. The van der Waals surface area contributed by atoms with Crippen molar-refractivity contribution in [3.63, 3.8) is 0 Å². The Labute approximate surface area is 141 Å². The highest BCUT2D eigenvalue weighted by atomic mass is 19.1. The Kier molecular flexibility index (Phi) is 7.17. The third-order valence-electron chi connectivity index (χ3n) is 3.49. The van der Waals surface area contributed by atoms with Crippen LogP contribution >= 0.6 is 0 Å². The number of nitrogens with zero attached hydrogens (tertiary/aromatic N) is 1. The van der Waals surface area contributed by atoms with E-state index in [0.29, 0.717) is 37.4 Å². The molecule has 0 aliphatic heterocycles. The molecule has 2 N–H and O–H groups in total. The molecule has 0 fully saturated rings. The molecule has 0 spiro atoms. The molecule has 0 saturated carbocycles. The van der Waals surface area contributed by atoms with Crippen LogP contribution in [0.1, 0.15) is 22.5 Å². The van der Waals surface area contributed by atoms with Crippen LogP contribution in [0.25, 0.3) is 0 Å². The molecule has 5 nitrogen and oxygen atoms in total. The molecule has 0 atom stereocenters. The highest BCUT2D eigenvalue weighted by Crippen LogP contribution is 2.09. The molecule has 1 amide bonds. The summed E-state index contributed by atoms with van der Waals surface area (Å²) in [6.45, 7) is 1.75. The number of aromatic nitrogens is 1. The first-order valence-corrected chi connectivity index (χ1v) is 7.91. The molecule has 24 heavy (non-hydrogen) atoms. The Hall–Kier alpha value is -2.47. The summed E-state index contributed by atoms with van der Waals surface area (Å²) in [6.07, 6.45) is 2.94. The zero-order chi connectivity index (χ0) is 17.2. The van der Waals surface area contributed by atoms with Crippen molar-refractivity contribution in [2.45, 2.75) is 12.8 Å². The molecule has 0 aliphatic rings. The molecule has 128 valence electrons. The first kappa shape index (κ1) is 17.9. The lowest BCUT2D eigenvalue weighted by Gasteiger charge is -2.08. The number of methoxy groups -OCH3 is 1. The van der Waals surface area contributed by atoms with Gasteiger partial charge in [0.05, 0.1) is 11.9 Å². The standard InChI is InChI=1S/C18H22FN3O2/c1-24-12-4-10-21-18(23)17-8-7-15(13-22-17)20-11-9-14-5-2-3-6-16(14)19/h2-3,5-8,13,20H,4,9-12H2,1H3,(H,21,23). The number of ether oxygens (including phenoxy) is 1. The highest BCUT2D eigenvalue weighted by molar-refractivity contribution is 5.92. The maximum atomic E-state index is 13.5. The van der Waals surface area contributed by atoms with Crippen molar-refractivity contribution in [2.24, 2.45) is 0 Å². The van der Waals surface area contributed by atoms with Gasteiger partial charge in [-0.1, -0.05) is 18.2 Å². The molecule has 0 bridgehead atoms. The van der Waals surface area contributed by atoms with Crippen LogP contribution in [-0.4, -0.2) is 37.7 Å². The van der Waals surface area contributed by atoms with E-state index in [9.17, 15) is 9.18 Å². The van der Waals surface area contributed by atoms with Crippen LogP contribution in [-0.2, 0) is 11.2 Å². The Balaban J connectivity index is 1.77. The minimum absolute atomic E-state index is 0.196. The van der Waals surface area contributed by atoms with E-state index in [0.717, 1.165) is 12.1 Å². The van der Waals surface area contributed by atoms with Crippen molar-refractivity contribution in [1.29, 1.82) is 0 Å². The van der Waals surface area contributed by atoms with E-state index in [1.165, 1.54) is 6.07 Å². The second-order valence-corrected chi connectivity index (χ2v) is 5.30. The van der Waals surface area contributed by atoms with E-state index in [1.54, 1.807) is 37.6 Å². The van der Waals surface area contributed by atoms with Gasteiger partial charge in [-0.3, -0.25) is 4.79 Å². The summed E-state index contributed by atoms with van der Waals surface area (Å²) in [6, 6.07) is 10.2. The van der Waals surface area contributed by atoms with Crippen LogP contribution < -0.4 is 10.6 Å². The third kappa shape index (κ3) is 5.62. The Morgan fingerprint density at radius 1 is 1.21 bits per heavy atom. The number of carbonyl (C=O) groups is 1. The average Bonchev–Trinajstić information content (AvgIpc) is 2.61. The van der Waals surface area contributed by atoms with Crippen LogP contribution in [0, 0.1) is 5.82 Å². The van der Waals surface area contributed by atoms with E-state index < -0.39 is 0 Å². The molecule has 6 heteroatoms. The summed E-state index contributed by atoms with van der Waals surface area (Å²) < 4.78 is 18.4. The number of nitrogens with one attached hydrogen (secondary N) is 2. The summed E-state index contributed by atoms with van der Waals surface area (Å²) in [4.78, 5) is 16.0. The fraction of sp³-hybridized carbons (Fsp3) is 0.333. The normalized spacial score (nSPS) is 10.4. The van der Waals surface area contributed by atoms with E-state index in [2.05, 4.69) is 15.6 Å². The number of hydrogen-bond donors (Lipinski definition) is 2.